The maximum absolute atomic E-state index is 12.4. The van der Waals surface area contributed by atoms with Gasteiger partial charge in [0, 0.05) is 18.4 Å². The smallest absolute Gasteiger partial charge is 0.128 e. The first kappa shape index (κ1) is 27.5. The molecule has 0 radical (unpaired) electrons. The molecular formula is C28H48O7. The van der Waals surface area contributed by atoms with Crippen molar-refractivity contribution in [3.63, 3.8) is 0 Å². The van der Waals surface area contributed by atoms with Crippen molar-refractivity contribution in [2.45, 2.75) is 115 Å². The lowest BCUT2D eigenvalue weighted by Crippen LogP contribution is -2.77. The Balaban J connectivity index is 1.68. The zero-order valence-electron chi connectivity index (χ0n) is 21.9. The third-order valence-corrected chi connectivity index (χ3v) is 11.6. The highest BCUT2D eigenvalue weighted by Gasteiger charge is 2.80. The van der Waals surface area contributed by atoms with Gasteiger partial charge < -0.3 is 35.7 Å². The number of hydrogen-bond donors (Lipinski definition) is 7. The van der Waals surface area contributed by atoms with Gasteiger partial charge in [0.05, 0.1) is 18.3 Å². The Morgan fingerprint density at radius 3 is 2.31 bits per heavy atom. The second-order valence-corrected chi connectivity index (χ2v) is 13.2. The summed E-state index contributed by atoms with van der Waals surface area (Å²) in [4.78, 5) is 0. The summed E-state index contributed by atoms with van der Waals surface area (Å²) in [5.74, 6) is -1.06. The van der Waals surface area contributed by atoms with E-state index in [1.165, 1.54) is 0 Å². The molecule has 0 aliphatic heterocycles. The van der Waals surface area contributed by atoms with Crippen molar-refractivity contribution < 1.29 is 35.7 Å². The highest BCUT2D eigenvalue weighted by atomic mass is 16.4. The molecule has 13 atom stereocenters. The molecule has 202 valence electrons. The molecule has 4 aliphatic carbocycles. The Hall–Kier alpha value is -0.540. The van der Waals surface area contributed by atoms with Gasteiger partial charge in [-0.3, -0.25) is 0 Å². The van der Waals surface area contributed by atoms with Gasteiger partial charge in [-0.2, -0.15) is 0 Å². The van der Waals surface area contributed by atoms with Crippen LogP contribution in [-0.4, -0.2) is 78.0 Å². The molecule has 0 spiro atoms. The van der Waals surface area contributed by atoms with Crippen molar-refractivity contribution in [3.8, 4) is 0 Å². The molecule has 4 fully saturated rings. The molecule has 0 heterocycles. The molecule has 0 aromatic heterocycles. The fourth-order valence-electron chi connectivity index (χ4n) is 9.41. The lowest BCUT2D eigenvalue weighted by molar-refractivity contribution is -0.331. The first-order valence-electron chi connectivity index (χ1n) is 13.6. The lowest BCUT2D eigenvalue weighted by atomic mass is 9.40. The van der Waals surface area contributed by atoms with Crippen LogP contribution in [0.25, 0.3) is 0 Å². The number of rotatable bonds is 6. The van der Waals surface area contributed by atoms with Gasteiger partial charge in [-0.05, 0) is 80.0 Å². The molecule has 0 bridgehead atoms. The molecule has 0 saturated heterocycles. The van der Waals surface area contributed by atoms with E-state index in [0.717, 1.165) is 5.57 Å². The molecule has 0 aromatic rings. The van der Waals surface area contributed by atoms with E-state index in [0.29, 0.717) is 44.9 Å². The van der Waals surface area contributed by atoms with Gasteiger partial charge in [0.25, 0.3) is 0 Å². The molecule has 35 heavy (non-hydrogen) atoms. The summed E-state index contributed by atoms with van der Waals surface area (Å²) in [5.41, 5.74) is -4.21. The van der Waals surface area contributed by atoms with Crippen LogP contribution >= 0.6 is 0 Å². The predicted octanol–water partition coefficient (Wildman–Crippen LogP) is 1.75. The molecule has 7 heteroatoms. The SMILES string of the molecule is C=C(CCC(C)C1C(O)C(O)C2(O)C1(C)CCC1C3(C)CCC(O)CC3C(O)CC12O)C(C)CO. The first-order chi connectivity index (χ1) is 16.2. The van der Waals surface area contributed by atoms with Crippen molar-refractivity contribution in [1.82, 2.24) is 0 Å². The summed E-state index contributed by atoms with van der Waals surface area (Å²) < 4.78 is 0. The van der Waals surface area contributed by atoms with Gasteiger partial charge >= 0.3 is 0 Å². The summed E-state index contributed by atoms with van der Waals surface area (Å²) in [7, 11) is 0. The molecule has 7 nitrogen and oxygen atoms in total. The second kappa shape index (κ2) is 9.04. The molecule has 7 N–H and O–H groups in total. The van der Waals surface area contributed by atoms with Crippen molar-refractivity contribution >= 4 is 0 Å². The van der Waals surface area contributed by atoms with Crippen LogP contribution in [0.4, 0.5) is 0 Å². The number of hydrogen-bond acceptors (Lipinski definition) is 7. The maximum Gasteiger partial charge on any atom is 0.128 e. The van der Waals surface area contributed by atoms with Crippen LogP contribution in [0.1, 0.15) is 79.1 Å². The summed E-state index contributed by atoms with van der Waals surface area (Å²) in [6.45, 7) is 12.0. The number of aliphatic hydroxyl groups is 7. The minimum Gasteiger partial charge on any atom is -0.396 e. The van der Waals surface area contributed by atoms with E-state index in [1.807, 2.05) is 20.8 Å². The number of aliphatic hydroxyl groups excluding tert-OH is 5. The van der Waals surface area contributed by atoms with Crippen LogP contribution in [0.15, 0.2) is 12.2 Å². The highest BCUT2D eigenvalue weighted by Crippen LogP contribution is 2.71. The summed E-state index contributed by atoms with van der Waals surface area (Å²) >= 11 is 0. The van der Waals surface area contributed by atoms with Crippen LogP contribution in [0.5, 0.6) is 0 Å². The van der Waals surface area contributed by atoms with Crippen LogP contribution < -0.4 is 0 Å². The first-order valence-corrected chi connectivity index (χ1v) is 13.6. The van der Waals surface area contributed by atoms with Gasteiger partial charge in [-0.1, -0.05) is 39.8 Å². The zero-order valence-corrected chi connectivity index (χ0v) is 21.9. The van der Waals surface area contributed by atoms with Gasteiger partial charge in [-0.25, -0.2) is 0 Å². The van der Waals surface area contributed by atoms with Crippen molar-refractivity contribution in [3.05, 3.63) is 12.2 Å². The Labute approximate surface area is 209 Å². The molecule has 4 aliphatic rings. The van der Waals surface area contributed by atoms with E-state index < -0.39 is 52.4 Å². The van der Waals surface area contributed by atoms with E-state index in [-0.39, 0.29) is 36.7 Å². The van der Waals surface area contributed by atoms with E-state index in [1.54, 1.807) is 0 Å². The van der Waals surface area contributed by atoms with E-state index >= 15 is 0 Å². The fraction of sp³-hybridized carbons (Fsp3) is 0.929. The Kier molecular flexibility index (Phi) is 7.10. The van der Waals surface area contributed by atoms with E-state index in [4.69, 9.17) is 0 Å². The summed E-state index contributed by atoms with van der Waals surface area (Å²) in [6, 6.07) is 0. The van der Waals surface area contributed by atoms with Gasteiger partial charge in [-0.15, -0.1) is 0 Å². The second-order valence-electron chi connectivity index (χ2n) is 13.2. The van der Waals surface area contributed by atoms with Gasteiger partial charge in [0.15, 0.2) is 0 Å². The normalized spacial score (nSPS) is 53.3. The topological polar surface area (TPSA) is 142 Å². The number of fused-ring (bicyclic) bond motifs is 5. The average Bonchev–Trinajstić information content (AvgIpc) is 2.96. The molecular weight excluding hydrogens is 448 g/mol. The third-order valence-electron chi connectivity index (χ3n) is 11.6. The van der Waals surface area contributed by atoms with Gasteiger partial charge in [0.2, 0.25) is 0 Å². The van der Waals surface area contributed by atoms with Crippen LogP contribution in [-0.2, 0) is 0 Å². The highest BCUT2D eigenvalue weighted by molar-refractivity contribution is 5.30. The molecule has 13 unspecified atom stereocenters. The Morgan fingerprint density at radius 1 is 1.03 bits per heavy atom. The van der Waals surface area contributed by atoms with Crippen molar-refractivity contribution in [2.24, 2.45) is 40.4 Å². The maximum atomic E-state index is 12.4. The van der Waals surface area contributed by atoms with E-state index in [2.05, 4.69) is 13.5 Å². The summed E-state index contributed by atoms with van der Waals surface area (Å²) in [6.07, 6.45) is 0.0308. The molecule has 4 saturated carbocycles. The standard InChI is InChI=1S/C28H48O7/c1-15(17(3)14-29)6-7-16(2)22-23(32)24(33)28(35)26(22,5)11-9-21-25(4)10-8-18(30)12-19(25)20(31)13-27(21,28)34/h16-24,29-35H,1,6-14H2,2-5H3. The van der Waals surface area contributed by atoms with Crippen LogP contribution in [0.2, 0.25) is 0 Å². The Morgan fingerprint density at radius 2 is 1.69 bits per heavy atom. The minimum absolute atomic E-state index is 0.0172. The van der Waals surface area contributed by atoms with Crippen molar-refractivity contribution in [2.75, 3.05) is 6.61 Å². The molecule has 4 rings (SSSR count). The monoisotopic (exact) mass is 496 g/mol. The minimum atomic E-state index is -1.97. The van der Waals surface area contributed by atoms with E-state index in [9.17, 15) is 35.7 Å². The third kappa shape index (κ3) is 3.63. The van der Waals surface area contributed by atoms with Crippen LogP contribution in [0.3, 0.4) is 0 Å². The Bertz CT molecular complexity index is 819. The average molecular weight is 497 g/mol. The predicted molar refractivity (Wildman–Crippen MR) is 132 cm³/mol. The zero-order chi connectivity index (χ0) is 26.1. The molecule has 0 aromatic carbocycles. The van der Waals surface area contributed by atoms with Gasteiger partial charge in [0.1, 0.15) is 17.3 Å². The summed E-state index contributed by atoms with van der Waals surface area (Å²) in [5, 5.41) is 78.4. The quantitative estimate of drug-likeness (QED) is 0.278. The van der Waals surface area contributed by atoms with Crippen LogP contribution in [0, 0.1) is 40.4 Å². The molecule has 0 amide bonds. The largest absolute Gasteiger partial charge is 0.396 e. The van der Waals surface area contributed by atoms with Crippen molar-refractivity contribution in [1.29, 1.82) is 0 Å². The fourth-order valence-corrected chi connectivity index (χ4v) is 9.41. The lowest BCUT2D eigenvalue weighted by Gasteiger charge is -2.68.